The van der Waals surface area contributed by atoms with Crippen molar-refractivity contribution in [1.82, 2.24) is 5.32 Å². The molecular weight excluding hydrogens is 393 g/mol. The van der Waals surface area contributed by atoms with Crippen molar-refractivity contribution in [3.63, 3.8) is 0 Å². The Morgan fingerprint density at radius 3 is 2.32 bits per heavy atom. The highest BCUT2D eigenvalue weighted by molar-refractivity contribution is 6.30. The SMILES string of the molecule is COc1cccc(CNCCc2ccc(Cl)cc2)c1OCc1ccccc1.Cl. The van der Waals surface area contributed by atoms with Crippen molar-refractivity contribution in [1.29, 1.82) is 0 Å². The highest BCUT2D eigenvalue weighted by Crippen LogP contribution is 2.31. The maximum absolute atomic E-state index is 6.09. The number of nitrogens with one attached hydrogen (secondary N) is 1. The summed E-state index contributed by atoms with van der Waals surface area (Å²) in [6, 6.07) is 24.1. The Bertz CT molecular complexity index is 839. The first-order chi connectivity index (χ1) is 13.3. The fraction of sp³-hybridized carbons (Fsp3) is 0.217. The van der Waals surface area contributed by atoms with Gasteiger partial charge in [-0.15, -0.1) is 12.4 Å². The maximum Gasteiger partial charge on any atom is 0.166 e. The number of hydrogen-bond donors (Lipinski definition) is 1. The molecule has 0 fully saturated rings. The molecule has 0 aromatic heterocycles. The summed E-state index contributed by atoms with van der Waals surface area (Å²) >= 11 is 5.93. The number of rotatable bonds is 9. The zero-order valence-electron chi connectivity index (χ0n) is 15.9. The maximum atomic E-state index is 6.09. The number of methoxy groups -OCH3 is 1. The van der Waals surface area contributed by atoms with Crippen molar-refractivity contribution in [3.05, 3.63) is 94.5 Å². The zero-order valence-corrected chi connectivity index (χ0v) is 17.4. The minimum absolute atomic E-state index is 0. The van der Waals surface area contributed by atoms with Gasteiger partial charge >= 0.3 is 0 Å². The van der Waals surface area contributed by atoms with E-state index in [4.69, 9.17) is 21.1 Å². The lowest BCUT2D eigenvalue weighted by Crippen LogP contribution is -2.17. The van der Waals surface area contributed by atoms with Crippen LogP contribution in [0.15, 0.2) is 72.8 Å². The van der Waals surface area contributed by atoms with Gasteiger partial charge in [-0.1, -0.05) is 66.2 Å². The van der Waals surface area contributed by atoms with Crippen LogP contribution < -0.4 is 14.8 Å². The molecule has 0 heterocycles. The number of ether oxygens (including phenoxy) is 2. The van der Waals surface area contributed by atoms with Gasteiger partial charge in [0.1, 0.15) is 6.61 Å². The Balaban J connectivity index is 0.00000280. The third-order valence-corrected chi connectivity index (χ3v) is 4.58. The van der Waals surface area contributed by atoms with Gasteiger partial charge in [0.25, 0.3) is 0 Å². The summed E-state index contributed by atoms with van der Waals surface area (Å²) in [7, 11) is 1.67. The Morgan fingerprint density at radius 1 is 0.857 bits per heavy atom. The molecule has 148 valence electrons. The molecule has 0 atom stereocenters. The molecule has 3 aromatic carbocycles. The fourth-order valence-corrected chi connectivity index (χ4v) is 2.99. The molecular formula is C23H25Cl2NO2. The van der Waals surface area contributed by atoms with E-state index < -0.39 is 0 Å². The third kappa shape index (κ3) is 6.45. The van der Waals surface area contributed by atoms with Crippen LogP contribution in [0.3, 0.4) is 0 Å². The van der Waals surface area contributed by atoms with Crippen LogP contribution in [0, 0.1) is 0 Å². The average molecular weight is 418 g/mol. The second-order valence-electron chi connectivity index (χ2n) is 6.28. The van der Waals surface area contributed by atoms with Gasteiger partial charge < -0.3 is 14.8 Å². The van der Waals surface area contributed by atoms with Crippen LogP contribution in [0.4, 0.5) is 0 Å². The first-order valence-corrected chi connectivity index (χ1v) is 9.42. The van der Waals surface area contributed by atoms with Gasteiger partial charge in [-0.3, -0.25) is 0 Å². The van der Waals surface area contributed by atoms with E-state index in [-0.39, 0.29) is 12.4 Å². The molecule has 1 N–H and O–H groups in total. The minimum Gasteiger partial charge on any atom is -0.493 e. The summed E-state index contributed by atoms with van der Waals surface area (Å²) in [6.45, 7) is 2.10. The van der Waals surface area contributed by atoms with Crippen LogP contribution in [-0.4, -0.2) is 13.7 Å². The van der Waals surface area contributed by atoms with Crippen LogP contribution in [0.25, 0.3) is 0 Å². The summed E-state index contributed by atoms with van der Waals surface area (Å²) in [5.74, 6) is 1.55. The van der Waals surface area contributed by atoms with E-state index in [1.54, 1.807) is 7.11 Å². The van der Waals surface area contributed by atoms with E-state index in [9.17, 15) is 0 Å². The summed E-state index contributed by atoms with van der Waals surface area (Å²) in [4.78, 5) is 0. The lowest BCUT2D eigenvalue weighted by molar-refractivity contribution is 0.280. The zero-order chi connectivity index (χ0) is 18.9. The monoisotopic (exact) mass is 417 g/mol. The predicted octanol–water partition coefficient (Wildman–Crippen LogP) is 5.68. The highest BCUT2D eigenvalue weighted by Gasteiger charge is 2.10. The molecule has 0 spiro atoms. The topological polar surface area (TPSA) is 30.5 Å². The van der Waals surface area contributed by atoms with Gasteiger partial charge in [0.05, 0.1) is 7.11 Å². The summed E-state index contributed by atoms with van der Waals surface area (Å²) in [5.41, 5.74) is 3.48. The van der Waals surface area contributed by atoms with Crippen LogP contribution in [0.5, 0.6) is 11.5 Å². The molecule has 0 aliphatic carbocycles. The Hall–Kier alpha value is -2.20. The quantitative estimate of drug-likeness (QED) is 0.454. The van der Waals surface area contributed by atoms with Crippen LogP contribution in [0.1, 0.15) is 16.7 Å². The van der Waals surface area contributed by atoms with Crippen molar-refractivity contribution < 1.29 is 9.47 Å². The third-order valence-electron chi connectivity index (χ3n) is 4.33. The predicted molar refractivity (Wildman–Crippen MR) is 118 cm³/mol. The normalized spacial score (nSPS) is 10.2. The van der Waals surface area contributed by atoms with Gasteiger partial charge in [-0.2, -0.15) is 0 Å². The highest BCUT2D eigenvalue weighted by atomic mass is 35.5. The lowest BCUT2D eigenvalue weighted by atomic mass is 10.1. The summed E-state index contributed by atoms with van der Waals surface area (Å²) in [5, 5.41) is 4.25. The second-order valence-corrected chi connectivity index (χ2v) is 6.71. The molecule has 0 aliphatic rings. The Morgan fingerprint density at radius 2 is 1.61 bits per heavy atom. The molecule has 5 heteroatoms. The van der Waals surface area contributed by atoms with Crippen molar-refractivity contribution in [3.8, 4) is 11.5 Å². The molecule has 3 aromatic rings. The van der Waals surface area contributed by atoms with Crippen LogP contribution in [0.2, 0.25) is 5.02 Å². The molecule has 0 unspecified atom stereocenters. The van der Waals surface area contributed by atoms with E-state index >= 15 is 0 Å². The van der Waals surface area contributed by atoms with E-state index in [0.29, 0.717) is 6.61 Å². The molecule has 0 aliphatic heterocycles. The molecule has 0 bridgehead atoms. The molecule has 0 radical (unpaired) electrons. The fourth-order valence-electron chi connectivity index (χ4n) is 2.86. The standard InChI is InChI=1S/C23H24ClNO2.ClH/c1-26-22-9-5-8-20(23(22)27-17-19-6-3-2-4-7-19)16-25-15-14-18-10-12-21(24)13-11-18;/h2-13,25H,14-17H2,1H3;1H. The molecule has 0 saturated carbocycles. The van der Waals surface area contributed by atoms with Gasteiger partial charge in [0.2, 0.25) is 0 Å². The molecule has 3 nitrogen and oxygen atoms in total. The van der Waals surface area contributed by atoms with Gasteiger partial charge in [0, 0.05) is 17.1 Å². The molecule has 3 rings (SSSR count). The minimum atomic E-state index is 0. The van der Waals surface area contributed by atoms with Crippen molar-refractivity contribution >= 4 is 24.0 Å². The van der Waals surface area contributed by atoms with E-state index in [0.717, 1.165) is 47.2 Å². The van der Waals surface area contributed by atoms with Crippen LogP contribution >= 0.6 is 24.0 Å². The summed E-state index contributed by atoms with van der Waals surface area (Å²) in [6.07, 6.45) is 0.946. The number of halogens is 2. The molecule has 28 heavy (non-hydrogen) atoms. The molecule has 0 amide bonds. The van der Waals surface area contributed by atoms with Gasteiger partial charge in [0.15, 0.2) is 11.5 Å². The Kier molecular flexibility index (Phi) is 9.15. The second kappa shape index (κ2) is 11.6. The van der Waals surface area contributed by atoms with E-state index in [1.165, 1.54) is 5.56 Å². The average Bonchev–Trinajstić information content (AvgIpc) is 2.72. The van der Waals surface area contributed by atoms with Crippen LogP contribution in [-0.2, 0) is 19.6 Å². The molecule has 0 saturated heterocycles. The number of benzene rings is 3. The van der Waals surface area contributed by atoms with E-state index in [1.807, 2.05) is 42.5 Å². The van der Waals surface area contributed by atoms with Crippen molar-refractivity contribution in [2.24, 2.45) is 0 Å². The lowest BCUT2D eigenvalue weighted by Gasteiger charge is -2.16. The first kappa shape index (κ1) is 22.1. The van der Waals surface area contributed by atoms with Gasteiger partial charge in [-0.25, -0.2) is 0 Å². The van der Waals surface area contributed by atoms with Crippen molar-refractivity contribution in [2.75, 3.05) is 13.7 Å². The van der Waals surface area contributed by atoms with Gasteiger partial charge in [-0.05, 0) is 42.3 Å². The smallest absolute Gasteiger partial charge is 0.166 e. The first-order valence-electron chi connectivity index (χ1n) is 9.04. The largest absolute Gasteiger partial charge is 0.493 e. The number of para-hydroxylation sites is 1. The van der Waals surface area contributed by atoms with E-state index in [2.05, 4.69) is 35.6 Å². The summed E-state index contributed by atoms with van der Waals surface area (Å²) < 4.78 is 11.6. The Labute approximate surface area is 178 Å². The number of hydrogen-bond acceptors (Lipinski definition) is 3. The van der Waals surface area contributed by atoms with Crippen molar-refractivity contribution in [2.45, 2.75) is 19.6 Å².